The molecule has 0 saturated carbocycles. The molecule has 2 heterocycles. The van der Waals surface area contributed by atoms with Gasteiger partial charge in [-0.1, -0.05) is 12.1 Å². The fourth-order valence-electron chi connectivity index (χ4n) is 2.41. The van der Waals surface area contributed by atoms with Gasteiger partial charge in [0.2, 0.25) is 0 Å². The first-order valence-corrected chi connectivity index (χ1v) is 6.75. The second-order valence-electron chi connectivity index (χ2n) is 4.60. The highest BCUT2D eigenvalue weighted by Gasteiger charge is 2.24. The number of para-hydroxylation sites is 1. The van der Waals surface area contributed by atoms with Crippen LogP contribution in [0.4, 0.5) is 0 Å². The van der Waals surface area contributed by atoms with E-state index in [0.29, 0.717) is 0 Å². The lowest BCUT2D eigenvalue weighted by Crippen LogP contribution is -2.32. The Labute approximate surface area is 114 Å². The van der Waals surface area contributed by atoms with Gasteiger partial charge in [-0.25, -0.2) is 4.98 Å². The van der Waals surface area contributed by atoms with Gasteiger partial charge >= 0.3 is 0 Å². The fourth-order valence-corrected chi connectivity index (χ4v) is 2.99. The van der Waals surface area contributed by atoms with Gasteiger partial charge in [-0.3, -0.25) is 0 Å². The summed E-state index contributed by atoms with van der Waals surface area (Å²) in [6.45, 7) is 0.748. The summed E-state index contributed by atoms with van der Waals surface area (Å²) in [4.78, 5) is 4.52. The first-order valence-electron chi connectivity index (χ1n) is 5.95. The molecule has 5 heteroatoms. The molecule has 1 unspecified atom stereocenters. The van der Waals surface area contributed by atoms with Crippen molar-refractivity contribution in [3.8, 4) is 17.1 Å². The minimum atomic E-state index is 0.156. The van der Waals surface area contributed by atoms with E-state index in [0.717, 1.165) is 41.1 Å². The number of fused-ring (bicyclic) bond motifs is 1. The van der Waals surface area contributed by atoms with Crippen LogP contribution in [0.5, 0.6) is 5.75 Å². The van der Waals surface area contributed by atoms with E-state index in [1.54, 1.807) is 12.1 Å². The maximum atomic E-state index is 9.94. The molecular weight excluding hydrogens is 294 g/mol. The van der Waals surface area contributed by atoms with Crippen molar-refractivity contribution in [3.05, 3.63) is 34.6 Å². The minimum absolute atomic E-state index is 0.156. The Morgan fingerprint density at radius 3 is 2.94 bits per heavy atom. The highest BCUT2D eigenvalue weighted by Crippen LogP contribution is 2.33. The van der Waals surface area contributed by atoms with Crippen molar-refractivity contribution in [2.24, 2.45) is 5.73 Å². The summed E-state index contributed by atoms with van der Waals surface area (Å²) >= 11 is 3.49. The number of halogens is 1. The third-order valence-electron chi connectivity index (χ3n) is 3.34. The Bertz CT molecular complexity index is 594. The van der Waals surface area contributed by atoms with Crippen LogP contribution in [0.2, 0.25) is 0 Å². The van der Waals surface area contributed by atoms with Crippen LogP contribution in [0.25, 0.3) is 11.4 Å². The van der Waals surface area contributed by atoms with Crippen LogP contribution in [-0.2, 0) is 13.0 Å². The Morgan fingerprint density at radius 2 is 2.17 bits per heavy atom. The summed E-state index contributed by atoms with van der Waals surface area (Å²) in [5.41, 5.74) is 7.93. The van der Waals surface area contributed by atoms with Crippen LogP contribution in [0, 0.1) is 0 Å². The van der Waals surface area contributed by atoms with Gasteiger partial charge in [-0.05, 0) is 40.9 Å². The summed E-state index contributed by atoms with van der Waals surface area (Å²) in [7, 11) is 0. The van der Waals surface area contributed by atoms with Crippen LogP contribution in [0.1, 0.15) is 12.1 Å². The number of rotatable bonds is 1. The van der Waals surface area contributed by atoms with Gasteiger partial charge in [0.1, 0.15) is 16.2 Å². The zero-order valence-electron chi connectivity index (χ0n) is 9.81. The summed E-state index contributed by atoms with van der Waals surface area (Å²) in [6.07, 6.45) is 1.90. The highest BCUT2D eigenvalue weighted by molar-refractivity contribution is 9.10. The lowest BCUT2D eigenvalue weighted by Gasteiger charge is -2.22. The van der Waals surface area contributed by atoms with Crippen molar-refractivity contribution in [2.45, 2.75) is 25.4 Å². The lowest BCUT2D eigenvalue weighted by molar-refractivity contribution is 0.458. The molecule has 94 valence electrons. The van der Waals surface area contributed by atoms with E-state index >= 15 is 0 Å². The molecule has 0 spiro atoms. The molecular formula is C13H14BrN3O. The average Bonchev–Trinajstić information content (AvgIpc) is 2.67. The number of hydrogen-bond donors (Lipinski definition) is 2. The molecule has 1 atom stereocenters. The second-order valence-corrected chi connectivity index (χ2v) is 5.35. The van der Waals surface area contributed by atoms with Crippen LogP contribution in [-0.4, -0.2) is 20.7 Å². The molecule has 0 saturated heterocycles. The van der Waals surface area contributed by atoms with E-state index in [-0.39, 0.29) is 11.8 Å². The van der Waals surface area contributed by atoms with Gasteiger partial charge < -0.3 is 15.4 Å². The molecule has 3 rings (SSSR count). The monoisotopic (exact) mass is 307 g/mol. The van der Waals surface area contributed by atoms with Crippen LogP contribution >= 0.6 is 15.9 Å². The molecule has 0 radical (unpaired) electrons. The molecule has 1 aromatic heterocycles. The molecule has 3 N–H and O–H groups in total. The zero-order valence-corrected chi connectivity index (χ0v) is 11.4. The predicted octanol–water partition coefficient (Wildman–Crippen LogP) is 2.29. The van der Waals surface area contributed by atoms with Gasteiger partial charge in [0.05, 0.1) is 11.3 Å². The van der Waals surface area contributed by atoms with Gasteiger partial charge in [0.25, 0.3) is 0 Å². The summed E-state index contributed by atoms with van der Waals surface area (Å²) in [6, 6.07) is 7.40. The van der Waals surface area contributed by atoms with E-state index in [1.165, 1.54) is 0 Å². The molecule has 1 aliphatic rings. The van der Waals surface area contributed by atoms with Crippen LogP contribution in [0.15, 0.2) is 28.9 Å². The standard InChI is InChI=1S/C13H14BrN3O/c14-12-10-6-5-8(15)7-17(10)13(16-12)9-3-1-2-4-11(9)18/h1-4,8,18H,5-7,15H2. The number of phenols is 1. The Balaban J connectivity index is 2.17. The molecule has 18 heavy (non-hydrogen) atoms. The number of hydrogen-bond acceptors (Lipinski definition) is 3. The highest BCUT2D eigenvalue weighted by atomic mass is 79.9. The van der Waals surface area contributed by atoms with E-state index in [9.17, 15) is 5.11 Å². The van der Waals surface area contributed by atoms with E-state index in [2.05, 4.69) is 25.5 Å². The maximum absolute atomic E-state index is 9.94. The van der Waals surface area contributed by atoms with Crippen molar-refractivity contribution in [2.75, 3.05) is 0 Å². The number of aromatic nitrogens is 2. The molecule has 1 aliphatic heterocycles. The van der Waals surface area contributed by atoms with E-state index in [1.807, 2.05) is 12.1 Å². The smallest absolute Gasteiger partial charge is 0.145 e. The molecule has 0 aliphatic carbocycles. The van der Waals surface area contributed by atoms with Crippen molar-refractivity contribution in [3.63, 3.8) is 0 Å². The molecule has 1 aromatic carbocycles. The zero-order chi connectivity index (χ0) is 12.7. The maximum Gasteiger partial charge on any atom is 0.145 e. The molecule has 0 bridgehead atoms. The van der Waals surface area contributed by atoms with Crippen molar-refractivity contribution < 1.29 is 5.11 Å². The first-order chi connectivity index (χ1) is 8.66. The number of nitrogens with zero attached hydrogens (tertiary/aromatic N) is 2. The van der Waals surface area contributed by atoms with Crippen molar-refractivity contribution >= 4 is 15.9 Å². The first kappa shape index (κ1) is 11.7. The largest absolute Gasteiger partial charge is 0.507 e. The van der Waals surface area contributed by atoms with Gasteiger partial charge in [-0.2, -0.15) is 0 Å². The van der Waals surface area contributed by atoms with E-state index in [4.69, 9.17) is 5.73 Å². The Hall–Kier alpha value is -1.33. The lowest BCUT2D eigenvalue weighted by atomic mass is 10.1. The van der Waals surface area contributed by atoms with Crippen molar-refractivity contribution in [1.29, 1.82) is 0 Å². The summed E-state index contributed by atoms with van der Waals surface area (Å²) in [5.74, 6) is 1.03. The molecule has 4 nitrogen and oxygen atoms in total. The molecule has 0 amide bonds. The van der Waals surface area contributed by atoms with Gasteiger partial charge in [-0.15, -0.1) is 0 Å². The number of nitrogens with two attached hydrogens (primary N) is 1. The summed E-state index contributed by atoms with van der Waals surface area (Å²) < 4.78 is 2.96. The van der Waals surface area contributed by atoms with E-state index < -0.39 is 0 Å². The third kappa shape index (κ3) is 1.83. The SMILES string of the molecule is NC1CCc2c(Br)nc(-c3ccccc3O)n2C1. The molecule has 2 aromatic rings. The number of benzene rings is 1. The van der Waals surface area contributed by atoms with Crippen LogP contribution in [0.3, 0.4) is 0 Å². The normalized spacial score (nSPS) is 18.7. The number of imidazole rings is 1. The van der Waals surface area contributed by atoms with Crippen molar-refractivity contribution in [1.82, 2.24) is 9.55 Å². The minimum Gasteiger partial charge on any atom is -0.507 e. The number of aromatic hydroxyl groups is 1. The summed E-state index contributed by atoms with van der Waals surface area (Å²) in [5, 5.41) is 9.94. The molecule has 0 fully saturated rings. The van der Waals surface area contributed by atoms with Crippen LogP contribution < -0.4 is 5.73 Å². The van der Waals surface area contributed by atoms with Gasteiger partial charge in [0, 0.05) is 12.6 Å². The third-order valence-corrected chi connectivity index (χ3v) is 3.97. The Kier molecular flexibility index (Phi) is 2.87. The quantitative estimate of drug-likeness (QED) is 0.849. The predicted molar refractivity (Wildman–Crippen MR) is 73.3 cm³/mol. The second kappa shape index (κ2) is 4.40. The van der Waals surface area contributed by atoms with Gasteiger partial charge in [0.15, 0.2) is 0 Å². The number of phenolic OH excluding ortho intramolecular Hbond substituents is 1. The fraction of sp³-hybridized carbons (Fsp3) is 0.308. The average molecular weight is 308 g/mol. The topological polar surface area (TPSA) is 64.1 Å². The Morgan fingerprint density at radius 1 is 1.39 bits per heavy atom.